The third-order valence-electron chi connectivity index (χ3n) is 4.57. The van der Waals surface area contributed by atoms with Crippen molar-refractivity contribution in [2.75, 3.05) is 18.5 Å². The van der Waals surface area contributed by atoms with E-state index in [9.17, 15) is 4.79 Å². The Hall–Kier alpha value is -2.79. The van der Waals surface area contributed by atoms with Gasteiger partial charge in [0.2, 0.25) is 0 Å². The summed E-state index contributed by atoms with van der Waals surface area (Å²) in [5.41, 5.74) is 5.25. The average molecular weight is 379 g/mol. The molecule has 0 spiro atoms. The highest BCUT2D eigenvalue weighted by Gasteiger charge is 2.16. The van der Waals surface area contributed by atoms with E-state index in [1.807, 2.05) is 44.2 Å². The van der Waals surface area contributed by atoms with Crippen LogP contribution in [0.2, 0.25) is 0 Å². The maximum absolute atomic E-state index is 12.7. The molecule has 3 aromatic rings. The molecule has 138 valence electrons. The Morgan fingerprint density at radius 1 is 0.926 bits per heavy atom. The number of benzene rings is 2. The number of thiophene rings is 1. The highest BCUT2D eigenvalue weighted by Crippen LogP contribution is 2.37. The van der Waals surface area contributed by atoms with Gasteiger partial charge in [0.05, 0.1) is 4.88 Å². The first-order chi connectivity index (χ1) is 13.0. The summed E-state index contributed by atoms with van der Waals surface area (Å²) in [6.45, 7) is 7.23. The number of carbonyl (C=O) groups is 1. The smallest absolute Gasteiger partial charge is 0.265 e. The molecule has 1 N–H and O–H groups in total. The van der Waals surface area contributed by atoms with E-state index in [1.165, 1.54) is 16.9 Å². The minimum atomic E-state index is -0.0844. The largest absolute Gasteiger partial charge is 0.486 e. The van der Waals surface area contributed by atoms with Gasteiger partial charge < -0.3 is 14.8 Å². The van der Waals surface area contributed by atoms with E-state index >= 15 is 0 Å². The summed E-state index contributed by atoms with van der Waals surface area (Å²) in [6.07, 6.45) is 0. The molecule has 0 saturated carbocycles. The Balaban J connectivity index is 1.57. The van der Waals surface area contributed by atoms with Gasteiger partial charge in [-0.2, -0.15) is 0 Å². The van der Waals surface area contributed by atoms with E-state index in [0.717, 1.165) is 38.8 Å². The third-order valence-corrected chi connectivity index (χ3v) is 5.71. The molecule has 0 atom stereocenters. The molecule has 2 heterocycles. The zero-order chi connectivity index (χ0) is 19.0. The Labute approximate surface area is 162 Å². The van der Waals surface area contributed by atoms with E-state index in [0.29, 0.717) is 18.1 Å². The van der Waals surface area contributed by atoms with Crippen molar-refractivity contribution in [3.63, 3.8) is 0 Å². The molecule has 1 aliphatic heterocycles. The molecule has 2 aromatic carbocycles. The van der Waals surface area contributed by atoms with Crippen molar-refractivity contribution in [3.05, 3.63) is 64.0 Å². The number of carbonyl (C=O) groups excluding carboxylic acids is 1. The standard InChI is InChI=1S/C22H21NO3S/c1-13-10-14(2)21(15(3)11-13)23-22(24)20-7-6-19(27-20)16-4-5-17-18(12-16)26-9-8-25-17/h4-7,10-12H,8-9H2,1-3H3,(H,23,24). The van der Waals surface area contributed by atoms with Crippen molar-refractivity contribution >= 4 is 22.9 Å². The summed E-state index contributed by atoms with van der Waals surface area (Å²) >= 11 is 1.47. The fourth-order valence-electron chi connectivity index (χ4n) is 3.36. The number of rotatable bonds is 3. The summed E-state index contributed by atoms with van der Waals surface area (Å²) in [4.78, 5) is 14.4. The zero-order valence-corrected chi connectivity index (χ0v) is 16.4. The van der Waals surface area contributed by atoms with E-state index in [1.54, 1.807) is 0 Å². The lowest BCUT2D eigenvalue weighted by molar-refractivity contribution is 0.103. The lowest BCUT2D eigenvalue weighted by Gasteiger charge is -2.18. The van der Waals surface area contributed by atoms with Crippen LogP contribution in [0.1, 0.15) is 26.4 Å². The lowest BCUT2D eigenvalue weighted by atomic mass is 10.1. The molecule has 0 bridgehead atoms. The van der Waals surface area contributed by atoms with Crippen molar-refractivity contribution in [2.24, 2.45) is 0 Å². The minimum Gasteiger partial charge on any atom is -0.486 e. The van der Waals surface area contributed by atoms with Crippen LogP contribution in [0.5, 0.6) is 11.5 Å². The van der Waals surface area contributed by atoms with Gasteiger partial charge in [-0.15, -0.1) is 11.3 Å². The van der Waals surface area contributed by atoms with Crippen molar-refractivity contribution < 1.29 is 14.3 Å². The summed E-state index contributed by atoms with van der Waals surface area (Å²) < 4.78 is 11.2. The Morgan fingerprint density at radius 2 is 1.63 bits per heavy atom. The van der Waals surface area contributed by atoms with Gasteiger partial charge in [0, 0.05) is 10.6 Å². The molecule has 5 heteroatoms. The fraction of sp³-hybridized carbons (Fsp3) is 0.227. The first kappa shape index (κ1) is 17.6. The van der Waals surface area contributed by atoms with E-state index in [2.05, 4.69) is 24.4 Å². The number of aryl methyl sites for hydroxylation is 3. The molecule has 1 aliphatic rings. The SMILES string of the molecule is Cc1cc(C)c(NC(=O)c2ccc(-c3ccc4c(c3)OCCO4)s2)c(C)c1. The van der Waals surface area contributed by atoms with E-state index < -0.39 is 0 Å². The van der Waals surface area contributed by atoms with Gasteiger partial charge in [-0.1, -0.05) is 17.7 Å². The zero-order valence-electron chi connectivity index (χ0n) is 15.6. The second kappa shape index (κ2) is 7.08. The molecule has 0 fully saturated rings. The topological polar surface area (TPSA) is 47.6 Å². The highest BCUT2D eigenvalue weighted by atomic mass is 32.1. The molecule has 0 aliphatic carbocycles. The first-order valence-electron chi connectivity index (χ1n) is 8.90. The molecule has 1 aromatic heterocycles. The number of nitrogens with one attached hydrogen (secondary N) is 1. The van der Waals surface area contributed by atoms with Crippen LogP contribution in [0.3, 0.4) is 0 Å². The summed E-state index contributed by atoms with van der Waals surface area (Å²) in [5.74, 6) is 1.44. The number of hydrogen-bond acceptors (Lipinski definition) is 4. The maximum Gasteiger partial charge on any atom is 0.265 e. The predicted molar refractivity (Wildman–Crippen MR) is 109 cm³/mol. The van der Waals surface area contributed by atoms with Gasteiger partial charge in [0.1, 0.15) is 13.2 Å². The van der Waals surface area contributed by atoms with Gasteiger partial charge in [0.25, 0.3) is 5.91 Å². The van der Waals surface area contributed by atoms with Crippen LogP contribution < -0.4 is 14.8 Å². The van der Waals surface area contributed by atoms with Gasteiger partial charge in [0.15, 0.2) is 11.5 Å². The summed E-state index contributed by atoms with van der Waals surface area (Å²) in [5, 5.41) is 3.06. The second-order valence-electron chi connectivity index (χ2n) is 6.75. The van der Waals surface area contributed by atoms with Crippen molar-refractivity contribution in [1.82, 2.24) is 0 Å². The quantitative estimate of drug-likeness (QED) is 0.666. The van der Waals surface area contributed by atoms with Crippen LogP contribution in [0.4, 0.5) is 5.69 Å². The molecule has 4 rings (SSSR count). The van der Waals surface area contributed by atoms with Crippen LogP contribution in [0, 0.1) is 20.8 Å². The highest BCUT2D eigenvalue weighted by molar-refractivity contribution is 7.17. The average Bonchev–Trinajstić information content (AvgIpc) is 3.14. The maximum atomic E-state index is 12.7. The van der Waals surface area contributed by atoms with Gasteiger partial charge in [-0.3, -0.25) is 4.79 Å². The molecule has 0 unspecified atom stereocenters. The van der Waals surface area contributed by atoms with Crippen LogP contribution in [-0.4, -0.2) is 19.1 Å². The van der Waals surface area contributed by atoms with Crippen LogP contribution in [0.25, 0.3) is 10.4 Å². The normalized spacial score (nSPS) is 12.7. The van der Waals surface area contributed by atoms with Crippen molar-refractivity contribution in [1.29, 1.82) is 0 Å². The molecule has 4 nitrogen and oxygen atoms in total. The number of anilines is 1. The van der Waals surface area contributed by atoms with Gasteiger partial charge in [-0.05, 0) is 67.8 Å². The van der Waals surface area contributed by atoms with E-state index in [4.69, 9.17) is 9.47 Å². The van der Waals surface area contributed by atoms with Gasteiger partial charge >= 0.3 is 0 Å². The van der Waals surface area contributed by atoms with Crippen LogP contribution in [0.15, 0.2) is 42.5 Å². The lowest BCUT2D eigenvalue weighted by Crippen LogP contribution is -2.15. The second-order valence-corrected chi connectivity index (χ2v) is 7.83. The molecule has 27 heavy (non-hydrogen) atoms. The summed E-state index contributed by atoms with van der Waals surface area (Å²) in [7, 11) is 0. The monoisotopic (exact) mass is 379 g/mol. The van der Waals surface area contributed by atoms with Crippen molar-refractivity contribution in [2.45, 2.75) is 20.8 Å². The molecule has 1 amide bonds. The van der Waals surface area contributed by atoms with Crippen molar-refractivity contribution in [3.8, 4) is 21.9 Å². The first-order valence-corrected chi connectivity index (χ1v) is 9.72. The molecule has 0 saturated heterocycles. The molecule has 0 radical (unpaired) electrons. The van der Waals surface area contributed by atoms with Crippen LogP contribution in [-0.2, 0) is 0 Å². The van der Waals surface area contributed by atoms with E-state index in [-0.39, 0.29) is 5.91 Å². The Bertz CT molecular complexity index is 999. The molecular formula is C22H21NO3S. The Kier molecular flexibility index (Phi) is 4.62. The number of amides is 1. The summed E-state index contributed by atoms with van der Waals surface area (Å²) in [6, 6.07) is 13.9. The predicted octanol–water partition coefficient (Wildman–Crippen LogP) is 5.36. The number of hydrogen-bond donors (Lipinski definition) is 1. The Morgan fingerprint density at radius 3 is 2.37 bits per heavy atom. The fourth-order valence-corrected chi connectivity index (χ4v) is 4.26. The number of ether oxygens (including phenoxy) is 2. The third kappa shape index (κ3) is 3.55. The van der Waals surface area contributed by atoms with Crippen LogP contribution >= 0.6 is 11.3 Å². The number of fused-ring (bicyclic) bond motifs is 1. The molecular weight excluding hydrogens is 358 g/mol. The minimum absolute atomic E-state index is 0.0844. The van der Waals surface area contributed by atoms with Gasteiger partial charge in [-0.25, -0.2) is 0 Å².